The number of aromatic nitrogens is 2. The molecule has 1 aliphatic heterocycles. The summed E-state index contributed by atoms with van der Waals surface area (Å²) in [5, 5.41) is 2.90. The van der Waals surface area contributed by atoms with Gasteiger partial charge in [-0.1, -0.05) is 31.2 Å². The molecule has 150 valence electrons. The third-order valence-corrected chi connectivity index (χ3v) is 5.76. The summed E-state index contributed by atoms with van der Waals surface area (Å²) >= 11 is 0. The van der Waals surface area contributed by atoms with Crippen LogP contribution in [0.3, 0.4) is 0 Å². The summed E-state index contributed by atoms with van der Waals surface area (Å²) in [6.45, 7) is 5.28. The quantitative estimate of drug-likeness (QED) is 0.660. The van der Waals surface area contributed by atoms with Crippen LogP contribution in [0.25, 0.3) is 0 Å². The molecule has 0 fully saturated rings. The van der Waals surface area contributed by atoms with E-state index in [1.165, 1.54) is 12.1 Å². The minimum absolute atomic E-state index is 0.0804. The number of amides is 1. The van der Waals surface area contributed by atoms with Crippen LogP contribution in [0.2, 0.25) is 0 Å². The van der Waals surface area contributed by atoms with Crippen molar-refractivity contribution in [3.05, 3.63) is 83.2 Å². The Balaban J connectivity index is 1.65. The Morgan fingerprint density at radius 3 is 2.76 bits per heavy atom. The predicted octanol–water partition coefficient (Wildman–Crippen LogP) is 5.07. The monoisotopic (exact) mass is 391 g/mol. The average molecular weight is 391 g/mol. The van der Waals surface area contributed by atoms with E-state index < -0.39 is 0 Å². The van der Waals surface area contributed by atoms with Crippen molar-refractivity contribution in [2.75, 3.05) is 5.32 Å². The van der Waals surface area contributed by atoms with Gasteiger partial charge >= 0.3 is 0 Å². The molecule has 0 saturated heterocycles. The third-order valence-electron chi connectivity index (χ3n) is 5.76. The molecule has 1 N–H and O–H groups in total. The van der Waals surface area contributed by atoms with Crippen LogP contribution < -0.4 is 5.32 Å². The maximum atomic E-state index is 13.2. The van der Waals surface area contributed by atoms with Gasteiger partial charge in [0.2, 0.25) is 5.91 Å². The van der Waals surface area contributed by atoms with Crippen LogP contribution in [0.5, 0.6) is 0 Å². The maximum Gasteiger partial charge on any atom is 0.225 e. The van der Waals surface area contributed by atoms with Gasteiger partial charge in [-0.15, -0.1) is 0 Å². The summed E-state index contributed by atoms with van der Waals surface area (Å²) < 4.78 is 15.5. The Kier molecular flexibility index (Phi) is 5.47. The van der Waals surface area contributed by atoms with E-state index in [9.17, 15) is 9.18 Å². The van der Waals surface area contributed by atoms with Crippen LogP contribution in [0.4, 0.5) is 10.1 Å². The molecule has 0 saturated carbocycles. The van der Waals surface area contributed by atoms with E-state index in [0.717, 1.165) is 42.0 Å². The van der Waals surface area contributed by atoms with Crippen molar-refractivity contribution in [1.82, 2.24) is 9.55 Å². The van der Waals surface area contributed by atoms with Gasteiger partial charge in [-0.3, -0.25) is 4.79 Å². The van der Waals surface area contributed by atoms with Crippen molar-refractivity contribution in [3.8, 4) is 0 Å². The molecule has 5 heteroatoms. The SMILES string of the molecule is Cc1ccccc1C(CC(=O)Nc1ccc(F)cc1)c1cnc2n1CC(C)CC2. The lowest BCUT2D eigenvalue weighted by atomic mass is 9.88. The molecule has 1 aliphatic rings. The average Bonchev–Trinajstić information content (AvgIpc) is 3.11. The highest BCUT2D eigenvalue weighted by Gasteiger charge is 2.27. The number of carbonyl (C=O) groups is 1. The molecule has 2 heterocycles. The largest absolute Gasteiger partial charge is 0.331 e. The van der Waals surface area contributed by atoms with Gasteiger partial charge in [-0.25, -0.2) is 9.37 Å². The van der Waals surface area contributed by atoms with E-state index in [0.29, 0.717) is 18.0 Å². The zero-order chi connectivity index (χ0) is 20.4. The van der Waals surface area contributed by atoms with E-state index in [-0.39, 0.29) is 17.6 Å². The Bertz CT molecular complexity index is 1010. The third kappa shape index (κ3) is 4.24. The topological polar surface area (TPSA) is 46.9 Å². The maximum absolute atomic E-state index is 13.2. The zero-order valence-electron chi connectivity index (χ0n) is 16.9. The molecule has 29 heavy (non-hydrogen) atoms. The standard InChI is InChI=1S/C24H26FN3O/c1-16-7-12-23-26-14-22(28(23)15-16)21(20-6-4-3-5-17(20)2)13-24(29)27-19-10-8-18(25)9-11-19/h3-6,8-11,14,16,21H,7,12-13,15H2,1-2H3,(H,27,29). The molecule has 2 aromatic carbocycles. The number of hydrogen-bond acceptors (Lipinski definition) is 2. The molecule has 0 radical (unpaired) electrons. The van der Waals surface area contributed by atoms with Gasteiger partial charge in [0.1, 0.15) is 11.6 Å². The molecule has 4 nitrogen and oxygen atoms in total. The predicted molar refractivity (Wildman–Crippen MR) is 112 cm³/mol. The minimum Gasteiger partial charge on any atom is -0.331 e. The van der Waals surface area contributed by atoms with Crippen LogP contribution in [0.1, 0.15) is 48.3 Å². The number of imidazole rings is 1. The van der Waals surface area contributed by atoms with Gasteiger partial charge in [-0.2, -0.15) is 0 Å². The Labute approximate surface area is 170 Å². The van der Waals surface area contributed by atoms with Gasteiger partial charge in [0.15, 0.2) is 0 Å². The second kappa shape index (κ2) is 8.19. The van der Waals surface area contributed by atoms with Crippen LogP contribution in [-0.2, 0) is 17.8 Å². The lowest BCUT2D eigenvalue weighted by molar-refractivity contribution is -0.116. The summed E-state index contributed by atoms with van der Waals surface area (Å²) in [6, 6.07) is 14.1. The van der Waals surface area contributed by atoms with Crippen LogP contribution in [0.15, 0.2) is 54.7 Å². The zero-order valence-corrected chi connectivity index (χ0v) is 16.9. The lowest BCUT2D eigenvalue weighted by Crippen LogP contribution is -2.23. The number of anilines is 1. The molecule has 2 unspecified atom stereocenters. The van der Waals surface area contributed by atoms with Crippen molar-refractivity contribution in [2.24, 2.45) is 5.92 Å². The van der Waals surface area contributed by atoms with Gasteiger partial charge in [0.25, 0.3) is 0 Å². The highest BCUT2D eigenvalue weighted by molar-refractivity contribution is 5.91. The Morgan fingerprint density at radius 2 is 2.00 bits per heavy atom. The number of nitrogens with one attached hydrogen (secondary N) is 1. The van der Waals surface area contributed by atoms with Crippen LogP contribution >= 0.6 is 0 Å². The van der Waals surface area contributed by atoms with Gasteiger partial charge in [0, 0.05) is 42.9 Å². The van der Waals surface area contributed by atoms with Crippen molar-refractivity contribution >= 4 is 11.6 Å². The molecular formula is C24H26FN3O. The van der Waals surface area contributed by atoms with Crippen molar-refractivity contribution in [3.63, 3.8) is 0 Å². The molecule has 4 rings (SSSR count). The van der Waals surface area contributed by atoms with Gasteiger partial charge in [-0.05, 0) is 54.7 Å². The molecule has 3 aromatic rings. The number of fused-ring (bicyclic) bond motifs is 1. The van der Waals surface area contributed by atoms with Crippen molar-refractivity contribution in [1.29, 1.82) is 0 Å². The summed E-state index contributed by atoms with van der Waals surface area (Å²) in [4.78, 5) is 17.5. The highest BCUT2D eigenvalue weighted by atomic mass is 19.1. The molecule has 1 amide bonds. The Morgan fingerprint density at radius 1 is 1.24 bits per heavy atom. The number of hydrogen-bond donors (Lipinski definition) is 1. The first kappa shape index (κ1) is 19.4. The minimum atomic E-state index is -0.319. The fraction of sp³-hybridized carbons (Fsp3) is 0.333. The first-order valence-corrected chi connectivity index (χ1v) is 10.2. The molecule has 0 bridgehead atoms. The number of benzene rings is 2. The summed E-state index contributed by atoms with van der Waals surface area (Å²) in [7, 11) is 0. The molecule has 0 spiro atoms. The first-order chi connectivity index (χ1) is 14.0. The molecule has 2 atom stereocenters. The normalized spacial score (nSPS) is 16.9. The number of carbonyl (C=O) groups excluding carboxylic acids is 1. The van der Waals surface area contributed by atoms with Crippen molar-refractivity contribution in [2.45, 2.75) is 45.6 Å². The van der Waals surface area contributed by atoms with Gasteiger partial charge < -0.3 is 9.88 Å². The summed E-state index contributed by atoms with van der Waals surface area (Å²) in [5.41, 5.74) is 3.99. The van der Waals surface area contributed by atoms with E-state index in [1.54, 1.807) is 12.1 Å². The first-order valence-electron chi connectivity index (χ1n) is 10.2. The van der Waals surface area contributed by atoms with E-state index in [4.69, 9.17) is 0 Å². The fourth-order valence-corrected chi connectivity index (χ4v) is 4.18. The van der Waals surface area contributed by atoms with E-state index in [2.05, 4.69) is 40.8 Å². The number of rotatable bonds is 5. The number of halogens is 1. The number of nitrogens with zero attached hydrogens (tertiary/aromatic N) is 2. The van der Waals surface area contributed by atoms with E-state index >= 15 is 0 Å². The van der Waals surface area contributed by atoms with Crippen molar-refractivity contribution < 1.29 is 9.18 Å². The van der Waals surface area contributed by atoms with Crippen LogP contribution in [-0.4, -0.2) is 15.5 Å². The second-order valence-electron chi connectivity index (χ2n) is 8.02. The number of aryl methyl sites for hydroxylation is 2. The highest BCUT2D eigenvalue weighted by Crippen LogP contribution is 2.33. The van der Waals surface area contributed by atoms with E-state index in [1.807, 2.05) is 18.3 Å². The Hall–Kier alpha value is -2.95. The summed E-state index contributed by atoms with van der Waals surface area (Å²) in [6.07, 6.45) is 4.37. The summed E-state index contributed by atoms with van der Waals surface area (Å²) in [5.74, 6) is 1.21. The van der Waals surface area contributed by atoms with Gasteiger partial charge in [0.05, 0.1) is 0 Å². The molecule has 1 aromatic heterocycles. The molecular weight excluding hydrogens is 365 g/mol. The fourth-order valence-electron chi connectivity index (χ4n) is 4.18. The van der Waals surface area contributed by atoms with Crippen LogP contribution in [0, 0.1) is 18.7 Å². The lowest BCUT2D eigenvalue weighted by Gasteiger charge is -2.26. The smallest absolute Gasteiger partial charge is 0.225 e. The second-order valence-corrected chi connectivity index (χ2v) is 8.02. The molecule has 0 aliphatic carbocycles.